The maximum Gasteiger partial charge on any atom is 0.409 e. The zero-order valence-electron chi connectivity index (χ0n) is 15.3. The number of aromatic nitrogens is 2. The number of ether oxygens (including phenoxy) is 1. The van der Waals surface area contributed by atoms with Crippen molar-refractivity contribution in [2.45, 2.75) is 26.7 Å². The van der Waals surface area contributed by atoms with Gasteiger partial charge < -0.3 is 19.4 Å². The fourth-order valence-corrected chi connectivity index (χ4v) is 2.61. The first kappa shape index (κ1) is 19.0. The van der Waals surface area contributed by atoms with Gasteiger partial charge in [0.15, 0.2) is 0 Å². The van der Waals surface area contributed by atoms with Crippen molar-refractivity contribution in [3.05, 3.63) is 18.0 Å². The lowest BCUT2D eigenvalue weighted by molar-refractivity contribution is 0.0570. The van der Waals surface area contributed by atoms with Gasteiger partial charge in [-0.1, -0.05) is 13.3 Å². The average Bonchev–Trinajstić information content (AvgIpc) is 2.66. The molecule has 0 aliphatic carbocycles. The maximum atomic E-state index is 12.6. The van der Waals surface area contributed by atoms with Gasteiger partial charge in [0.05, 0.1) is 12.2 Å². The zero-order chi connectivity index (χ0) is 18.2. The highest BCUT2D eigenvalue weighted by Gasteiger charge is 2.25. The van der Waals surface area contributed by atoms with Crippen LogP contribution in [0.2, 0.25) is 0 Å². The van der Waals surface area contributed by atoms with Crippen LogP contribution in [0.5, 0.6) is 0 Å². The molecule has 1 aliphatic rings. The zero-order valence-corrected chi connectivity index (χ0v) is 15.3. The summed E-state index contributed by atoms with van der Waals surface area (Å²) in [4.78, 5) is 38.2. The second-order valence-electron chi connectivity index (χ2n) is 6.03. The summed E-state index contributed by atoms with van der Waals surface area (Å²) in [6.07, 6.45) is 5.01. The second-order valence-corrected chi connectivity index (χ2v) is 6.03. The van der Waals surface area contributed by atoms with Crippen molar-refractivity contribution in [3.63, 3.8) is 0 Å². The number of rotatable bonds is 6. The van der Waals surface area contributed by atoms with Crippen molar-refractivity contribution in [1.82, 2.24) is 19.8 Å². The molecule has 2 rings (SSSR count). The third-order valence-electron chi connectivity index (χ3n) is 4.17. The van der Waals surface area contributed by atoms with Gasteiger partial charge in [0, 0.05) is 52.2 Å². The van der Waals surface area contributed by atoms with E-state index in [0.29, 0.717) is 44.3 Å². The van der Waals surface area contributed by atoms with E-state index in [1.807, 2.05) is 11.9 Å². The molecule has 0 aromatic carbocycles. The molecule has 0 unspecified atom stereocenters. The van der Waals surface area contributed by atoms with Gasteiger partial charge >= 0.3 is 6.09 Å². The van der Waals surface area contributed by atoms with E-state index in [9.17, 15) is 9.59 Å². The summed E-state index contributed by atoms with van der Waals surface area (Å²) < 4.78 is 4.98. The van der Waals surface area contributed by atoms with E-state index in [-0.39, 0.29) is 12.0 Å². The molecule has 0 atom stereocenters. The van der Waals surface area contributed by atoms with Crippen molar-refractivity contribution < 1.29 is 14.3 Å². The smallest absolute Gasteiger partial charge is 0.409 e. The Hall–Kier alpha value is -2.38. The van der Waals surface area contributed by atoms with E-state index in [4.69, 9.17) is 4.74 Å². The van der Waals surface area contributed by atoms with Crippen LogP contribution in [0, 0.1) is 0 Å². The molecular weight excluding hydrogens is 322 g/mol. The first-order chi connectivity index (χ1) is 12.1. The Balaban J connectivity index is 1.90. The summed E-state index contributed by atoms with van der Waals surface area (Å²) >= 11 is 0. The Morgan fingerprint density at radius 1 is 1.12 bits per heavy atom. The van der Waals surface area contributed by atoms with Crippen molar-refractivity contribution in [3.8, 4) is 0 Å². The Labute approximate surface area is 148 Å². The van der Waals surface area contributed by atoms with E-state index < -0.39 is 0 Å². The summed E-state index contributed by atoms with van der Waals surface area (Å²) in [6.45, 7) is 7.07. The summed E-state index contributed by atoms with van der Waals surface area (Å²) in [6, 6.07) is 0. The van der Waals surface area contributed by atoms with Crippen LogP contribution < -0.4 is 4.90 Å². The molecular formula is C17H27N5O3. The van der Waals surface area contributed by atoms with Gasteiger partial charge in [0.1, 0.15) is 0 Å². The maximum absolute atomic E-state index is 12.6. The Kier molecular flexibility index (Phi) is 6.97. The van der Waals surface area contributed by atoms with Gasteiger partial charge in [-0.3, -0.25) is 4.79 Å². The SMILES string of the molecule is CCCCN(C)c1ncc(C(=O)N2CCN(C(=O)OCC)CC2)cn1. The van der Waals surface area contributed by atoms with Gasteiger partial charge in [-0.25, -0.2) is 14.8 Å². The predicted octanol–water partition coefficient (Wildman–Crippen LogP) is 1.63. The molecule has 0 saturated carbocycles. The number of unbranched alkanes of at least 4 members (excludes halogenated alkanes) is 1. The molecule has 25 heavy (non-hydrogen) atoms. The van der Waals surface area contributed by atoms with E-state index in [0.717, 1.165) is 19.4 Å². The number of hydrogen-bond acceptors (Lipinski definition) is 6. The lowest BCUT2D eigenvalue weighted by atomic mass is 10.2. The Bertz CT molecular complexity index is 570. The number of carbonyl (C=O) groups is 2. The van der Waals surface area contributed by atoms with Crippen LogP contribution in [-0.2, 0) is 4.74 Å². The van der Waals surface area contributed by atoms with Gasteiger partial charge in [0.2, 0.25) is 5.95 Å². The molecule has 0 N–H and O–H groups in total. The number of nitrogens with zero attached hydrogens (tertiary/aromatic N) is 5. The van der Waals surface area contributed by atoms with Crippen molar-refractivity contribution >= 4 is 17.9 Å². The second kappa shape index (κ2) is 9.19. The van der Waals surface area contributed by atoms with Crippen LogP contribution in [0.4, 0.5) is 10.7 Å². The summed E-state index contributed by atoms with van der Waals surface area (Å²) in [7, 11) is 1.95. The van der Waals surface area contributed by atoms with E-state index in [1.54, 1.807) is 29.1 Å². The third kappa shape index (κ3) is 5.04. The van der Waals surface area contributed by atoms with E-state index in [1.165, 1.54) is 0 Å². The molecule has 1 saturated heterocycles. The monoisotopic (exact) mass is 349 g/mol. The standard InChI is InChI=1S/C17H27N5O3/c1-4-6-7-20(3)16-18-12-14(13-19-16)15(23)21-8-10-22(11-9-21)17(24)25-5-2/h12-13H,4-11H2,1-3H3. The first-order valence-electron chi connectivity index (χ1n) is 8.81. The van der Waals surface area contributed by atoms with Crippen LogP contribution >= 0.6 is 0 Å². The molecule has 2 heterocycles. The Morgan fingerprint density at radius 2 is 1.72 bits per heavy atom. The molecule has 2 amide bonds. The third-order valence-corrected chi connectivity index (χ3v) is 4.17. The summed E-state index contributed by atoms with van der Waals surface area (Å²) in [5.41, 5.74) is 0.470. The molecule has 1 aliphatic heterocycles. The van der Waals surface area contributed by atoms with Crippen LogP contribution in [0.3, 0.4) is 0 Å². The number of hydrogen-bond donors (Lipinski definition) is 0. The average molecular weight is 349 g/mol. The van der Waals surface area contributed by atoms with Gasteiger partial charge in [0.25, 0.3) is 5.91 Å². The molecule has 1 aromatic rings. The molecule has 8 heteroatoms. The van der Waals surface area contributed by atoms with Gasteiger partial charge in [-0.2, -0.15) is 0 Å². The number of carbonyl (C=O) groups excluding carboxylic acids is 2. The van der Waals surface area contributed by atoms with Crippen molar-refractivity contribution in [2.24, 2.45) is 0 Å². The van der Waals surface area contributed by atoms with E-state index >= 15 is 0 Å². The van der Waals surface area contributed by atoms with Crippen molar-refractivity contribution in [2.75, 3.05) is 51.3 Å². The molecule has 8 nitrogen and oxygen atoms in total. The fourth-order valence-electron chi connectivity index (χ4n) is 2.61. The Morgan fingerprint density at radius 3 is 2.28 bits per heavy atom. The molecule has 1 fully saturated rings. The van der Waals surface area contributed by atoms with Crippen molar-refractivity contribution in [1.29, 1.82) is 0 Å². The number of anilines is 1. The lowest BCUT2D eigenvalue weighted by Gasteiger charge is -2.34. The van der Waals surface area contributed by atoms with Crippen LogP contribution in [0.25, 0.3) is 0 Å². The van der Waals surface area contributed by atoms with Gasteiger partial charge in [-0.15, -0.1) is 0 Å². The summed E-state index contributed by atoms with van der Waals surface area (Å²) in [5.74, 6) is 0.517. The molecule has 1 aromatic heterocycles. The predicted molar refractivity (Wildman–Crippen MR) is 94.7 cm³/mol. The van der Waals surface area contributed by atoms with E-state index in [2.05, 4.69) is 16.9 Å². The minimum atomic E-state index is -0.322. The molecule has 0 spiro atoms. The highest BCUT2D eigenvalue weighted by Crippen LogP contribution is 2.11. The largest absolute Gasteiger partial charge is 0.450 e. The molecule has 0 radical (unpaired) electrons. The number of piperazine rings is 1. The van der Waals surface area contributed by atoms with Crippen LogP contribution in [0.1, 0.15) is 37.0 Å². The quantitative estimate of drug-likeness (QED) is 0.777. The fraction of sp³-hybridized carbons (Fsp3) is 0.647. The topological polar surface area (TPSA) is 78.9 Å². The normalized spacial score (nSPS) is 14.4. The minimum absolute atomic E-state index is 0.105. The van der Waals surface area contributed by atoms with Crippen LogP contribution in [-0.4, -0.2) is 78.1 Å². The highest BCUT2D eigenvalue weighted by atomic mass is 16.6. The lowest BCUT2D eigenvalue weighted by Crippen LogP contribution is -2.50. The molecule has 0 bridgehead atoms. The minimum Gasteiger partial charge on any atom is -0.450 e. The first-order valence-corrected chi connectivity index (χ1v) is 8.81. The highest BCUT2D eigenvalue weighted by molar-refractivity contribution is 5.93. The molecule has 138 valence electrons. The number of amides is 2. The van der Waals surface area contributed by atoms with Gasteiger partial charge in [-0.05, 0) is 13.3 Å². The van der Waals surface area contributed by atoms with Crippen LogP contribution in [0.15, 0.2) is 12.4 Å². The summed E-state index contributed by atoms with van der Waals surface area (Å²) in [5, 5.41) is 0.